The molecule has 0 saturated carbocycles. The predicted octanol–water partition coefficient (Wildman–Crippen LogP) is 4.83. The van der Waals surface area contributed by atoms with Crippen molar-refractivity contribution in [3.8, 4) is 5.69 Å². The molecule has 0 spiro atoms. The fraction of sp³-hybridized carbons (Fsp3) is 0.290. The molecule has 0 N–H and O–H groups in total. The van der Waals surface area contributed by atoms with Crippen molar-refractivity contribution in [3.05, 3.63) is 105 Å². The van der Waals surface area contributed by atoms with E-state index in [9.17, 15) is 18.0 Å². The van der Waals surface area contributed by atoms with E-state index in [1.54, 1.807) is 47.8 Å². The number of fused-ring (bicyclic) bond motifs is 1. The smallest absolute Gasteiger partial charge is 0.296 e. The Kier molecular flexibility index (Phi) is 7.96. The molecule has 0 aliphatic carbocycles. The molecule has 220 valence electrons. The molecule has 2 heterocycles. The summed E-state index contributed by atoms with van der Waals surface area (Å²) in [5, 5.41) is 0.157. The maximum absolute atomic E-state index is 14.0. The number of carbonyl (C=O) groups excluding carboxylic acids is 1. The molecule has 1 aromatic heterocycles. The van der Waals surface area contributed by atoms with Crippen LogP contribution in [0.3, 0.4) is 0 Å². The first-order chi connectivity index (χ1) is 20.0. The summed E-state index contributed by atoms with van der Waals surface area (Å²) in [4.78, 5) is 31.4. The molecule has 3 aromatic carbocycles. The lowest BCUT2D eigenvalue weighted by Gasteiger charge is -2.31. The number of halogens is 1. The molecule has 9 nitrogen and oxygen atoms in total. The van der Waals surface area contributed by atoms with Crippen LogP contribution in [0, 0.1) is 6.92 Å². The van der Waals surface area contributed by atoms with Gasteiger partial charge in [-0.3, -0.25) is 18.6 Å². The Balaban J connectivity index is 1.54. The Morgan fingerprint density at radius 1 is 1.02 bits per heavy atom. The molecule has 0 saturated heterocycles. The lowest BCUT2D eigenvalue weighted by molar-refractivity contribution is 0.0667. The Bertz CT molecular complexity index is 1820. The van der Waals surface area contributed by atoms with E-state index in [1.807, 2.05) is 44.3 Å². The summed E-state index contributed by atoms with van der Waals surface area (Å²) in [5.74, 6) is -0.348. The lowest BCUT2D eigenvalue weighted by atomic mass is 10.1. The number of nitrogens with zero attached hydrogens (tertiary/aromatic N) is 5. The zero-order valence-electron chi connectivity index (χ0n) is 24.3. The van der Waals surface area contributed by atoms with Crippen LogP contribution in [0.4, 0.5) is 11.4 Å². The molecule has 1 amide bonds. The highest BCUT2D eigenvalue weighted by Gasteiger charge is 2.33. The molecule has 1 unspecified atom stereocenters. The van der Waals surface area contributed by atoms with E-state index in [-0.39, 0.29) is 33.1 Å². The van der Waals surface area contributed by atoms with Crippen LogP contribution in [-0.4, -0.2) is 55.3 Å². The lowest BCUT2D eigenvalue weighted by Crippen LogP contribution is -2.43. The van der Waals surface area contributed by atoms with Crippen molar-refractivity contribution in [1.29, 1.82) is 0 Å². The van der Waals surface area contributed by atoms with Crippen LogP contribution in [0.1, 0.15) is 35.0 Å². The Morgan fingerprint density at radius 3 is 2.38 bits per heavy atom. The van der Waals surface area contributed by atoms with Gasteiger partial charge in [-0.15, -0.1) is 0 Å². The Labute approximate surface area is 251 Å². The minimum atomic E-state index is -4.24. The van der Waals surface area contributed by atoms with Crippen molar-refractivity contribution in [2.24, 2.45) is 7.05 Å². The molecule has 42 heavy (non-hydrogen) atoms. The fourth-order valence-electron chi connectivity index (χ4n) is 5.61. The van der Waals surface area contributed by atoms with Gasteiger partial charge in [0.15, 0.2) is 0 Å². The second-order valence-electron chi connectivity index (χ2n) is 10.5. The van der Waals surface area contributed by atoms with Crippen LogP contribution in [0.25, 0.3) is 5.69 Å². The van der Waals surface area contributed by atoms with E-state index in [0.717, 1.165) is 15.6 Å². The number of hydrogen-bond donors (Lipinski definition) is 0. The highest BCUT2D eigenvalue weighted by molar-refractivity contribution is 7.92. The van der Waals surface area contributed by atoms with Crippen molar-refractivity contribution in [2.75, 3.05) is 29.8 Å². The monoisotopic (exact) mass is 607 g/mol. The summed E-state index contributed by atoms with van der Waals surface area (Å²) >= 11 is 6.54. The summed E-state index contributed by atoms with van der Waals surface area (Å²) in [6, 6.07) is 20.9. The van der Waals surface area contributed by atoms with Gasteiger partial charge in [-0.05, 0) is 55.3 Å². The Morgan fingerprint density at radius 2 is 1.69 bits per heavy atom. The number of carbonyl (C=O) groups is 1. The van der Waals surface area contributed by atoms with Crippen LogP contribution < -0.4 is 14.8 Å². The third kappa shape index (κ3) is 4.98. The van der Waals surface area contributed by atoms with E-state index in [0.29, 0.717) is 30.9 Å². The minimum absolute atomic E-state index is 0.0161. The number of hydrogen-bond acceptors (Lipinski definition) is 5. The van der Waals surface area contributed by atoms with Crippen molar-refractivity contribution < 1.29 is 13.2 Å². The van der Waals surface area contributed by atoms with Crippen LogP contribution in [0.5, 0.6) is 0 Å². The molecule has 1 atom stereocenters. The number of amides is 1. The second kappa shape index (κ2) is 11.3. The van der Waals surface area contributed by atoms with Gasteiger partial charge in [-0.25, -0.2) is 13.1 Å². The van der Waals surface area contributed by atoms with Gasteiger partial charge in [0.05, 0.1) is 26.9 Å². The number of aromatic nitrogens is 2. The number of rotatable bonds is 6. The highest BCUT2D eigenvalue weighted by Crippen LogP contribution is 2.31. The van der Waals surface area contributed by atoms with Gasteiger partial charge < -0.3 is 9.80 Å². The summed E-state index contributed by atoms with van der Waals surface area (Å²) in [6.07, 6.45) is 0.712. The summed E-state index contributed by atoms with van der Waals surface area (Å²) < 4.78 is 31.9. The van der Waals surface area contributed by atoms with Gasteiger partial charge in [0.25, 0.3) is 21.5 Å². The van der Waals surface area contributed by atoms with Gasteiger partial charge >= 0.3 is 0 Å². The van der Waals surface area contributed by atoms with Gasteiger partial charge in [0, 0.05) is 46.0 Å². The third-order valence-corrected chi connectivity index (χ3v) is 10.1. The molecule has 5 rings (SSSR count). The third-order valence-electron chi connectivity index (χ3n) is 8.07. The zero-order valence-corrected chi connectivity index (χ0v) is 25.9. The largest absolute Gasteiger partial charge is 0.372 e. The number of anilines is 2. The standard InChI is InChI=1S/C31H34ClN5O4S/c1-6-23-20-33(3)28-15-11-10-12-22(28)19-36(23)30(38)26-18-25(16-17-27(26)32)42(40,41)35(5)29-21(2)34(4)37(31(29)39)24-13-8-7-9-14-24/h7-18,23H,6,19-20H2,1-5H3. The van der Waals surface area contributed by atoms with Crippen LogP contribution in [0.2, 0.25) is 5.02 Å². The van der Waals surface area contributed by atoms with E-state index in [1.165, 1.54) is 29.9 Å². The average Bonchev–Trinajstić information content (AvgIpc) is 3.11. The highest BCUT2D eigenvalue weighted by atomic mass is 35.5. The van der Waals surface area contributed by atoms with Crippen molar-refractivity contribution >= 4 is 38.9 Å². The van der Waals surface area contributed by atoms with Gasteiger partial charge in [0.2, 0.25) is 0 Å². The maximum atomic E-state index is 14.0. The Hall–Kier alpha value is -4.02. The quantitative estimate of drug-likeness (QED) is 0.313. The first-order valence-corrected chi connectivity index (χ1v) is 15.5. The summed E-state index contributed by atoms with van der Waals surface area (Å²) in [7, 11) is 0.810. The van der Waals surface area contributed by atoms with Crippen molar-refractivity contribution in [1.82, 2.24) is 14.3 Å². The molecule has 0 radical (unpaired) electrons. The number of benzene rings is 3. The first-order valence-electron chi connectivity index (χ1n) is 13.7. The van der Waals surface area contributed by atoms with Gasteiger partial charge in [0.1, 0.15) is 5.69 Å². The van der Waals surface area contributed by atoms with E-state index >= 15 is 0 Å². The van der Waals surface area contributed by atoms with Gasteiger partial charge in [-0.2, -0.15) is 0 Å². The second-order valence-corrected chi connectivity index (χ2v) is 12.9. The SMILES string of the molecule is CCC1CN(C)c2ccccc2CN1C(=O)c1cc(S(=O)(=O)N(C)c2c(C)n(C)n(-c3ccccc3)c2=O)ccc1Cl. The summed E-state index contributed by atoms with van der Waals surface area (Å²) in [6.45, 7) is 4.71. The molecule has 4 aromatic rings. The molecule has 1 aliphatic heterocycles. The topological polar surface area (TPSA) is 87.9 Å². The fourth-order valence-corrected chi connectivity index (χ4v) is 7.08. The normalized spacial score (nSPS) is 15.3. The zero-order chi connectivity index (χ0) is 30.3. The molecular weight excluding hydrogens is 574 g/mol. The van der Waals surface area contributed by atoms with Crippen LogP contribution >= 0.6 is 11.6 Å². The van der Waals surface area contributed by atoms with E-state index in [4.69, 9.17) is 11.6 Å². The average molecular weight is 608 g/mol. The minimum Gasteiger partial charge on any atom is -0.372 e. The van der Waals surface area contributed by atoms with E-state index < -0.39 is 15.6 Å². The first kappa shape index (κ1) is 29.5. The summed E-state index contributed by atoms with van der Waals surface area (Å²) in [5.41, 5.74) is 2.77. The molecule has 11 heteroatoms. The van der Waals surface area contributed by atoms with Crippen LogP contribution in [0.15, 0.2) is 82.5 Å². The van der Waals surface area contributed by atoms with Crippen molar-refractivity contribution in [2.45, 2.75) is 37.8 Å². The maximum Gasteiger partial charge on any atom is 0.296 e. The van der Waals surface area contributed by atoms with Crippen molar-refractivity contribution in [3.63, 3.8) is 0 Å². The molecule has 0 fully saturated rings. The predicted molar refractivity (Wildman–Crippen MR) is 166 cm³/mol. The number of para-hydroxylation sites is 2. The number of sulfonamides is 1. The number of likely N-dealkylation sites (N-methyl/N-ethyl adjacent to an activating group) is 1. The molecular formula is C31H34ClN5O4S. The molecule has 0 bridgehead atoms. The van der Waals surface area contributed by atoms with E-state index in [2.05, 4.69) is 4.90 Å². The van der Waals surface area contributed by atoms with Gasteiger partial charge in [-0.1, -0.05) is 54.9 Å². The van der Waals surface area contributed by atoms with Crippen LogP contribution in [-0.2, 0) is 23.6 Å². The molecule has 1 aliphatic rings.